The highest BCUT2D eigenvalue weighted by Crippen LogP contribution is 2.27. The van der Waals surface area contributed by atoms with Crippen molar-refractivity contribution in [1.29, 1.82) is 0 Å². The van der Waals surface area contributed by atoms with Gasteiger partial charge >= 0.3 is 5.97 Å². The lowest BCUT2D eigenvalue weighted by molar-refractivity contribution is -0.376. The van der Waals surface area contributed by atoms with E-state index < -0.39 is 86.6 Å². The van der Waals surface area contributed by atoms with Crippen LogP contribution in [0.5, 0.6) is 0 Å². The van der Waals surface area contributed by atoms with Crippen LogP contribution >= 0.6 is 0 Å². The molecule has 0 aromatic heterocycles. The maximum absolute atomic E-state index is 9.84. The van der Waals surface area contributed by atoms with Crippen LogP contribution in [0, 0.1) is 0 Å². The number of aliphatic hydroxyl groups excluding tert-OH is 8. The van der Waals surface area contributed by atoms with E-state index in [0.717, 1.165) is 0 Å². The van der Waals surface area contributed by atoms with E-state index in [0.29, 0.717) is 6.42 Å². The van der Waals surface area contributed by atoms with E-state index in [1.54, 1.807) is 6.92 Å². The van der Waals surface area contributed by atoms with Gasteiger partial charge in [0.25, 0.3) is 0 Å². The Balaban J connectivity index is 0.000000553. The van der Waals surface area contributed by atoms with Crippen molar-refractivity contribution in [2.24, 2.45) is 5.73 Å². The van der Waals surface area contributed by atoms with E-state index in [1.807, 2.05) is 0 Å². The van der Waals surface area contributed by atoms with Gasteiger partial charge in [0, 0.05) is 0 Å². The Bertz CT molecular complexity index is 487. The van der Waals surface area contributed by atoms with Gasteiger partial charge in [-0.15, -0.1) is 0 Å². The van der Waals surface area contributed by atoms with Crippen molar-refractivity contribution in [3.8, 4) is 0 Å². The fourth-order valence-corrected chi connectivity index (χ4v) is 2.67. The largest absolute Gasteiger partial charge is 0.480 e. The number of rotatable bonds is 6. The molecule has 0 amide bonds. The monoisotopic (exact) mass is 445 g/mol. The maximum Gasteiger partial charge on any atom is 0.320 e. The second kappa shape index (κ2) is 12.1. The molecule has 14 heteroatoms. The van der Waals surface area contributed by atoms with Gasteiger partial charge in [-0.3, -0.25) is 4.79 Å². The lowest BCUT2D eigenvalue weighted by Crippen LogP contribution is -2.63. The van der Waals surface area contributed by atoms with Crippen molar-refractivity contribution >= 4 is 5.97 Å². The summed E-state index contributed by atoms with van der Waals surface area (Å²) in [6.45, 7) is 0.401. The third-order valence-corrected chi connectivity index (χ3v) is 4.72. The Morgan fingerprint density at radius 1 is 0.833 bits per heavy atom. The minimum atomic E-state index is -1.72. The van der Waals surface area contributed by atoms with Crippen molar-refractivity contribution in [2.75, 3.05) is 13.2 Å². The van der Waals surface area contributed by atoms with Crippen LogP contribution in [0.15, 0.2) is 0 Å². The predicted molar refractivity (Wildman–Crippen MR) is 94.5 cm³/mol. The summed E-state index contributed by atoms with van der Waals surface area (Å²) in [7, 11) is 0. The number of hydrogen-bond acceptors (Lipinski definition) is 13. The number of carbonyl (C=O) groups is 1. The third-order valence-electron chi connectivity index (χ3n) is 4.72. The molecule has 2 aliphatic rings. The van der Waals surface area contributed by atoms with Crippen molar-refractivity contribution in [3.63, 3.8) is 0 Å². The fourth-order valence-electron chi connectivity index (χ4n) is 2.67. The highest BCUT2D eigenvalue weighted by atomic mass is 16.8. The first kappa shape index (κ1) is 27.0. The average Bonchev–Trinajstić information content (AvgIpc) is 2.73. The molecule has 0 radical (unpaired) electrons. The molecule has 0 bridgehead atoms. The van der Waals surface area contributed by atoms with Crippen LogP contribution in [0.2, 0.25) is 0 Å². The van der Waals surface area contributed by atoms with Crippen LogP contribution in [-0.4, -0.2) is 133 Å². The molecule has 2 saturated heterocycles. The number of aliphatic hydroxyl groups is 8. The fraction of sp³-hybridized carbons (Fsp3) is 0.938. The Hall–Kier alpha value is -1.01. The summed E-state index contributed by atoms with van der Waals surface area (Å²) in [5.41, 5.74) is 5.02. The van der Waals surface area contributed by atoms with Gasteiger partial charge in [-0.2, -0.15) is 0 Å². The van der Waals surface area contributed by atoms with Crippen molar-refractivity contribution in [2.45, 2.75) is 80.8 Å². The standard InChI is InChI=1S/C12H22O11.C4H9NO2/c13-1-3-5(15)7(17)9(19)11(21-3)23-12-10(20)8(18)6(16)4(2-14)22-12;1-2-3(5)4(6)7/h3-20H,1-2H2;3H,2,5H2,1H3,(H,6,7)/t3-,4-,5-,6-,7+,8+,9-,10-,11-,12-;/m1./s1. The smallest absolute Gasteiger partial charge is 0.320 e. The van der Waals surface area contributed by atoms with Crippen LogP contribution in [0.1, 0.15) is 13.3 Å². The average molecular weight is 445 g/mol. The van der Waals surface area contributed by atoms with Crippen molar-refractivity contribution in [1.82, 2.24) is 0 Å². The van der Waals surface area contributed by atoms with Gasteiger partial charge in [-0.25, -0.2) is 0 Å². The zero-order chi connectivity index (χ0) is 23.2. The minimum Gasteiger partial charge on any atom is -0.480 e. The van der Waals surface area contributed by atoms with E-state index in [9.17, 15) is 35.4 Å². The Labute approximate surface area is 171 Å². The van der Waals surface area contributed by atoms with Crippen LogP contribution < -0.4 is 5.73 Å². The van der Waals surface area contributed by atoms with Crippen molar-refractivity contribution in [3.05, 3.63) is 0 Å². The molecule has 1 unspecified atom stereocenters. The molecule has 0 aromatic carbocycles. The molecule has 14 nitrogen and oxygen atoms in total. The first-order chi connectivity index (χ1) is 14.0. The molecule has 11 N–H and O–H groups in total. The molecule has 178 valence electrons. The van der Waals surface area contributed by atoms with Gasteiger partial charge in [0.05, 0.1) is 13.2 Å². The van der Waals surface area contributed by atoms with Crippen LogP contribution in [0.4, 0.5) is 0 Å². The minimum absolute atomic E-state index is 0.495. The second-order valence-corrected chi connectivity index (χ2v) is 6.88. The van der Waals surface area contributed by atoms with E-state index in [-0.39, 0.29) is 0 Å². The number of ether oxygens (including phenoxy) is 3. The van der Waals surface area contributed by atoms with Crippen molar-refractivity contribution < 1.29 is 65.0 Å². The summed E-state index contributed by atoms with van der Waals surface area (Å²) in [6, 6.07) is -0.681. The SMILES string of the molecule is CCC(N)C(=O)O.OC[C@H]1O[C@H](O[C@H]2O[C@H](CO)[C@@H](O)[C@H](O)[C@H]2O)[C@H](O)[C@@H](O)[C@@H]1O. The first-order valence-corrected chi connectivity index (χ1v) is 9.24. The summed E-state index contributed by atoms with van der Waals surface area (Å²) in [5.74, 6) is -0.928. The quantitative estimate of drug-likeness (QED) is 0.183. The first-order valence-electron chi connectivity index (χ1n) is 9.24. The van der Waals surface area contributed by atoms with E-state index in [2.05, 4.69) is 0 Å². The van der Waals surface area contributed by atoms with Crippen LogP contribution in [-0.2, 0) is 19.0 Å². The molecule has 2 fully saturated rings. The molecular formula is C16H31NO13. The number of hydrogen-bond donors (Lipinski definition) is 10. The molecule has 0 aromatic rings. The van der Waals surface area contributed by atoms with E-state index in [4.69, 9.17) is 35.3 Å². The Kier molecular flexibility index (Phi) is 10.9. The number of carboxylic acids is 1. The Morgan fingerprint density at radius 2 is 1.20 bits per heavy atom. The summed E-state index contributed by atoms with van der Waals surface area (Å²) in [5, 5.41) is 84.5. The zero-order valence-corrected chi connectivity index (χ0v) is 16.2. The summed E-state index contributed by atoms with van der Waals surface area (Å²) in [4.78, 5) is 9.81. The molecule has 2 rings (SSSR count). The van der Waals surface area contributed by atoms with Crippen LogP contribution in [0.25, 0.3) is 0 Å². The van der Waals surface area contributed by atoms with Crippen LogP contribution in [0.3, 0.4) is 0 Å². The highest BCUT2D eigenvalue weighted by molar-refractivity contribution is 5.72. The molecule has 0 saturated carbocycles. The molecule has 11 atom stereocenters. The van der Waals surface area contributed by atoms with Gasteiger partial charge < -0.3 is 65.9 Å². The maximum atomic E-state index is 9.84. The second-order valence-electron chi connectivity index (χ2n) is 6.88. The highest BCUT2D eigenvalue weighted by Gasteiger charge is 2.49. The molecule has 0 aliphatic carbocycles. The summed E-state index contributed by atoms with van der Waals surface area (Å²) < 4.78 is 15.3. The molecule has 30 heavy (non-hydrogen) atoms. The van der Waals surface area contributed by atoms with E-state index >= 15 is 0 Å². The molecule has 2 heterocycles. The molecular weight excluding hydrogens is 414 g/mol. The summed E-state index contributed by atoms with van der Waals surface area (Å²) in [6.07, 6.45) is -15.1. The van der Waals surface area contributed by atoms with Gasteiger partial charge in [-0.1, -0.05) is 6.92 Å². The summed E-state index contributed by atoms with van der Waals surface area (Å²) >= 11 is 0. The number of aliphatic carboxylic acids is 1. The zero-order valence-electron chi connectivity index (χ0n) is 16.2. The molecule has 0 spiro atoms. The molecule has 2 aliphatic heterocycles. The van der Waals surface area contributed by atoms with E-state index in [1.165, 1.54) is 0 Å². The topological polar surface area (TPSA) is 253 Å². The Morgan fingerprint density at radius 3 is 1.43 bits per heavy atom. The lowest BCUT2D eigenvalue weighted by Gasteiger charge is -2.44. The number of carboxylic acid groups (broad SMARTS) is 1. The van der Waals surface area contributed by atoms with Gasteiger partial charge in [0.15, 0.2) is 12.6 Å². The third kappa shape index (κ3) is 6.49. The van der Waals surface area contributed by atoms with Gasteiger partial charge in [-0.05, 0) is 6.42 Å². The number of nitrogens with two attached hydrogens (primary N) is 1. The normalized spacial score (nSPS) is 42.7. The lowest BCUT2D eigenvalue weighted by atomic mass is 9.98. The van der Waals surface area contributed by atoms with Gasteiger partial charge in [0.1, 0.15) is 54.9 Å². The van der Waals surface area contributed by atoms with Gasteiger partial charge in [0.2, 0.25) is 0 Å². The predicted octanol–water partition coefficient (Wildman–Crippen LogP) is -5.59.